The van der Waals surface area contributed by atoms with Crippen molar-refractivity contribution in [1.82, 2.24) is 5.32 Å². The maximum Gasteiger partial charge on any atom is 0.335 e. The van der Waals surface area contributed by atoms with Crippen molar-refractivity contribution >= 4 is 35.3 Å². The summed E-state index contributed by atoms with van der Waals surface area (Å²) in [6.07, 6.45) is 1.38. The van der Waals surface area contributed by atoms with E-state index in [9.17, 15) is 24.5 Å². The van der Waals surface area contributed by atoms with Crippen LogP contribution in [0.25, 0.3) is 6.08 Å². The molecule has 3 aromatic rings. The van der Waals surface area contributed by atoms with Crippen LogP contribution in [0.2, 0.25) is 0 Å². The summed E-state index contributed by atoms with van der Waals surface area (Å²) < 4.78 is 11.5. The molecule has 0 spiro atoms. The van der Waals surface area contributed by atoms with Crippen molar-refractivity contribution in [1.29, 1.82) is 0 Å². The van der Waals surface area contributed by atoms with Gasteiger partial charge in [0, 0.05) is 12.1 Å². The van der Waals surface area contributed by atoms with E-state index >= 15 is 0 Å². The number of nitro groups is 1. The fourth-order valence-corrected chi connectivity index (χ4v) is 3.93. The summed E-state index contributed by atoms with van der Waals surface area (Å²) in [5.41, 5.74) is 2.79. The van der Waals surface area contributed by atoms with E-state index < -0.39 is 22.8 Å². The van der Waals surface area contributed by atoms with Gasteiger partial charge in [0.25, 0.3) is 17.5 Å². The van der Waals surface area contributed by atoms with E-state index in [1.54, 1.807) is 56.3 Å². The molecule has 1 saturated heterocycles. The number of barbiturate groups is 1. The quantitative estimate of drug-likeness (QED) is 0.196. The number of amides is 4. The highest BCUT2D eigenvalue weighted by Crippen LogP contribution is 2.32. The van der Waals surface area contributed by atoms with Gasteiger partial charge in [-0.2, -0.15) is 0 Å². The van der Waals surface area contributed by atoms with E-state index in [4.69, 9.17) is 9.47 Å². The Morgan fingerprint density at radius 1 is 0.974 bits per heavy atom. The molecule has 0 aromatic heterocycles. The van der Waals surface area contributed by atoms with Gasteiger partial charge in [0.05, 0.1) is 17.2 Å². The van der Waals surface area contributed by atoms with Gasteiger partial charge in [-0.1, -0.05) is 30.3 Å². The molecule has 4 rings (SSSR count). The van der Waals surface area contributed by atoms with E-state index in [0.717, 1.165) is 10.5 Å². The molecule has 0 radical (unpaired) electrons. The first-order chi connectivity index (χ1) is 18.2. The van der Waals surface area contributed by atoms with E-state index in [1.165, 1.54) is 18.2 Å². The minimum Gasteiger partial charge on any atom is -0.490 e. The second kappa shape index (κ2) is 11.0. The molecule has 3 aromatic carbocycles. The van der Waals surface area contributed by atoms with Crippen LogP contribution in [-0.4, -0.2) is 29.4 Å². The summed E-state index contributed by atoms with van der Waals surface area (Å²) in [5.74, 6) is -0.799. The molecule has 1 N–H and O–H groups in total. The number of benzene rings is 3. The van der Waals surface area contributed by atoms with Crippen molar-refractivity contribution in [2.24, 2.45) is 0 Å². The molecule has 0 aliphatic carbocycles. The SMILES string of the molecule is CCOc1cc(/C=C2\C(=O)NC(=O)N(c3cc(C)ccc3C)C2=O)ccc1OCc1cccc([N+](=O)[O-])c1. The number of hydrogen-bond donors (Lipinski definition) is 1. The highest BCUT2D eigenvalue weighted by molar-refractivity contribution is 6.39. The Morgan fingerprint density at radius 2 is 1.76 bits per heavy atom. The Kier molecular flexibility index (Phi) is 7.52. The fraction of sp³-hybridized carbons (Fsp3) is 0.179. The number of ether oxygens (including phenoxy) is 2. The number of hydrogen-bond acceptors (Lipinski definition) is 7. The minimum atomic E-state index is -0.814. The highest BCUT2D eigenvalue weighted by Gasteiger charge is 2.37. The lowest BCUT2D eigenvalue weighted by molar-refractivity contribution is -0.384. The Hall–Kier alpha value is -4.99. The number of nitrogens with zero attached hydrogens (tertiary/aromatic N) is 2. The molecule has 38 heavy (non-hydrogen) atoms. The van der Waals surface area contributed by atoms with E-state index in [1.807, 2.05) is 13.0 Å². The predicted octanol–water partition coefficient (Wildman–Crippen LogP) is 4.86. The molecule has 10 nitrogen and oxygen atoms in total. The van der Waals surface area contributed by atoms with Gasteiger partial charge in [0.1, 0.15) is 12.2 Å². The fourth-order valence-electron chi connectivity index (χ4n) is 3.93. The first-order valence-corrected chi connectivity index (χ1v) is 11.8. The molecule has 0 saturated carbocycles. The van der Waals surface area contributed by atoms with Crippen molar-refractivity contribution in [2.45, 2.75) is 27.4 Å². The zero-order valence-electron chi connectivity index (χ0n) is 21.0. The average molecular weight is 516 g/mol. The van der Waals surface area contributed by atoms with Crippen molar-refractivity contribution in [3.63, 3.8) is 0 Å². The number of nitro benzene ring substituents is 1. The highest BCUT2D eigenvalue weighted by atomic mass is 16.6. The van der Waals surface area contributed by atoms with Crippen LogP contribution >= 0.6 is 0 Å². The second-order valence-corrected chi connectivity index (χ2v) is 8.60. The summed E-state index contributed by atoms with van der Waals surface area (Å²) in [4.78, 5) is 50.0. The van der Waals surface area contributed by atoms with Crippen LogP contribution in [0, 0.1) is 24.0 Å². The first-order valence-electron chi connectivity index (χ1n) is 11.8. The zero-order valence-corrected chi connectivity index (χ0v) is 21.0. The summed E-state index contributed by atoms with van der Waals surface area (Å²) in [6, 6.07) is 15.5. The minimum absolute atomic E-state index is 0.0399. The lowest BCUT2D eigenvalue weighted by Gasteiger charge is -2.27. The molecule has 0 atom stereocenters. The molecular formula is C28H25N3O7. The standard InChI is InChI=1S/C28H25N3O7/c1-4-37-25-15-19(10-11-24(25)38-16-20-6-5-7-21(13-20)31(35)36)14-22-26(32)29-28(34)30(27(22)33)23-12-17(2)8-9-18(23)3/h5-15H,4,16H2,1-3H3,(H,29,32,34)/b22-14+. The lowest BCUT2D eigenvalue weighted by Crippen LogP contribution is -2.54. The zero-order chi connectivity index (χ0) is 27.4. The molecule has 10 heteroatoms. The maximum absolute atomic E-state index is 13.3. The van der Waals surface area contributed by atoms with Crippen LogP contribution in [0.3, 0.4) is 0 Å². The van der Waals surface area contributed by atoms with Gasteiger partial charge in [0.15, 0.2) is 11.5 Å². The monoisotopic (exact) mass is 515 g/mol. The van der Waals surface area contributed by atoms with Gasteiger partial charge >= 0.3 is 6.03 Å². The number of anilines is 1. The molecule has 1 aliphatic heterocycles. The predicted molar refractivity (Wildman–Crippen MR) is 140 cm³/mol. The summed E-state index contributed by atoms with van der Waals surface area (Å²) in [7, 11) is 0. The third kappa shape index (κ3) is 5.54. The molecule has 1 fully saturated rings. The average Bonchev–Trinajstić information content (AvgIpc) is 2.88. The van der Waals surface area contributed by atoms with E-state index in [-0.39, 0.29) is 17.9 Å². The van der Waals surface area contributed by atoms with Gasteiger partial charge < -0.3 is 9.47 Å². The van der Waals surface area contributed by atoms with Crippen molar-refractivity contribution in [3.05, 3.63) is 98.6 Å². The van der Waals surface area contributed by atoms with Crippen LogP contribution in [0.15, 0.2) is 66.2 Å². The molecule has 1 heterocycles. The third-order valence-corrected chi connectivity index (χ3v) is 5.80. The van der Waals surface area contributed by atoms with Crippen LogP contribution < -0.4 is 19.7 Å². The molecule has 0 unspecified atom stereocenters. The molecule has 194 valence electrons. The molecule has 0 bridgehead atoms. The van der Waals surface area contributed by atoms with E-state index in [0.29, 0.717) is 40.5 Å². The van der Waals surface area contributed by atoms with Crippen LogP contribution in [0.4, 0.5) is 16.2 Å². The summed E-state index contributed by atoms with van der Waals surface area (Å²) in [6.45, 7) is 5.80. The van der Waals surface area contributed by atoms with Crippen molar-refractivity contribution in [3.8, 4) is 11.5 Å². The number of carbonyl (C=O) groups excluding carboxylic acids is 3. The van der Waals surface area contributed by atoms with Crippen LogP contribution in [-0.2, 0) is 16.2 Å². The summed E-state index contributed by atoms with van der Waals surface area (Å²) in [5, 5.41) is 13.3. The summed E-state index contributed by atoms with van der Waals surface area (Å²) >= 11 is 0. The van der Waals surface area contributed by atoms with E-state index in [2.05, 4.69) is 5.32 Å². The maximum atomic E-state index is 13.3. The number of nitrogens with one attached hydrogen (secondary N) is 1. The molecule has 4 amide bonds. The van der Waals surface area contributed by atoms with Gasteiger partial charge in [-0.3, -0.25) is 25.0 Å². The second-order valence-electron chi connectivity index (χ2n) is 8.60. The van der Waals surface area contributed by atoms with Crippen LogP contribution in [0.1, 0.15) is 29.2 Å². The molecular weight excluding hydrogens is 490 g/mol. The van der Waals surface area contributed by atoms with Crippen molar-refractivity contribution in [2.75, 3.05) is 11.5 Å². The Balaban J connectivity index is 1.62. The largest absolute Gasteiger partial charge is 0.490 e. The number of imide groups is 2. The van der Waals surface area contributed by atoms with Gasteiger partial charge in [-0.25, -0.2) is 9.69 Å². The lowest BCUT2D eigenvalue weighted by atomic mass is 10.0. The Labute approximate surface area is 218 Å². The first kappa shape index (κ1) is 26.1. The normalized spacial score (nSPS) is 14.4. The smallest absolute Gasteiger partial charge is 0.335 e. The van der Waals surface area contributed by atoms with Gasteiger partial charge in [-0.05, 0) is 67.3 Å². The van der Waals surface area contributed by atoms with Gasteiger partial charge in [0.2, 0.25) is 0 Å². The third-order valence-electron chi connectivity index (χ3n) is 5.80. The number of urea groups is 1. The topological polar surface area (TPSA) is 128 Å². The number of rotatable bonds is 8. The molecule has 1 aliphatic rings. The Morgan fingerprint density at radius 3 is 2.50 bits per heavy atom. The number of carbonyl (C=O) groups is 3. The Bertz CT molecular complexity index is 1480. The van der Waals surface area contributed by atoms with Crippen LogP contribution in [0.5, 0.6) is 11.5 Å². The van der Waals surface area contributed by atoms with Crippen molar-refractivity contribution < 1.29 is 28.8 Å². The number of aryl methyl sites for hydroxylation is 2. The number of non-ortho nitro benzene ring substituents is 1. The van der Waals surface area contributed by atoms with Gasteiger partial charge in [-0.15, -0.1) is 0 Å².